The molecule has 0 aliphatic heterocycles. The highest BCUT2D eigenvalue weighted by Gasteiger charge is 2.29. The van der Waals surface area contributed by atoms with Crippen molar-refractivity contribution in [2.45, 2.75) is 32.7 Å². The van der Waals surface area contributed by atoms with Gasteiger partial charge in [0, 0.05) is 6.04 Å². The standard InChI is InChI=1S/C14H16N2O2/c1-8-5-11(6-8)16-9(2)15-12-7-10(14(17)18)3-4-13(12)16/h3-4,7-8,11H,5-6H2,1-2H3,(H,17,18). The summed E-state index contributed by atoms with van der Waals surface area (Å²) in [4.78, 5) is 15.4. The molecule has 1 fully saturated rings. The molecule has 0 saturated heterocycles. The van der Waals surface area contributed by atoms with Crippen LogP contribution in [0, 0.1) is 12.8 Å². The van der Waals surface area contributed by atoms with Gasteiger partial charge in [0.05, 0.1) is 16.6 Å². The molecule has 1 aromatic carbocycles. The van der Waals surface area contributed by atoms with E-state index in [9.17, 15) is 4.79 Å². The SMILES string of the molecule is Cc1nc2cc(C(=O)O)ccc2n1C1CC(C)C1. The van der Waals surface area contributed by atoms with Crippen LogP contribution >= 0.6 is 0 Å². The van der Waals surface area contributed by atoms with Gasteiger partial charge in [0.25, 0.3) is 0 Å². The molecule has 4 heteroatoms. The van der Waals surface area contributed by atoms with Crippen molar-refractivity contribution in [2.24, 2.45) is 5.92 Å². The van der Waals surface area contributed by atoms with Gasteiger partial charge in [-0.05, 0) is 43.9 Å². The minimum atomic E-state index is -0.902. The minimum Gasteiger partial charge on any atom is -0.478 e. The van der Waals surface area contributed by atoms with E-state index in [4.69, 9.17) is 5.11 Å². The van der Waals surface area contributed by atoms with E-state index in [-0.39, 0.29) is 0 Å². The van der Waals surface area contributed by atoms with Crippen LogP contribution in [0.1, 0.15) is 42.0 Å². The molecule has 0 radical (unpaired) electrons. The van der Waals surface area contributed by atoms with E-state index in [2.05, 4.69) is 16.5 Å². The number of hydrogen-bond acceptors (Lipinski definition) is 2. The second-order valence-electron chi connectivity index (χ2n) is 5.27. The number of aryl methyl sites for hydroxylation is 1. The fourth-order valence-electron chi connectivity index (χ4n) is 2.88. The second-order valence-corrected chi connectivity index (χ2v) is 5.27. The van der Waals surface area contributed by atoms with E-state index in [1.165, 1.54) is 12.8 Å². The third-order valence-corrected chi connectivity index (χ3v) is 3.83. The van der Waals surface area contributed by atoms with Crippen molar-refractivity contribution in [1.29, 1.82) is 0 Å². The van der Waals surface area contributed by atoms with Crippen molar-refractivity contribution in [3.05, 3.63) is 29.6 Å². The van der Waals surface area contributed by atoms with Crippen LogP contribution in [-0.4, -0.2) is 20.6 Å². The van der Waals surface area contributed by atoms with Gasteiger partial charge in [0.15, 0.2) is 0 Å². The average molecular weight is 244 g/mol. The Labute approximate surface area is 105 Å². The van der Waals surface area contributed by atoms with Crippen LogP contribution in [0.15, 0.2) is 18.2 Å². The normalized spacial score (nSPS) is 23.0. The van der Waals surface area contributed by atoms with Gasteiger partial charge in [0.1, 0.15) is 5.82 Å². The molecule has 0 bridgehead atoms. The molecule has 1 heterocycles. The Morgan fingerprint density at radius 2 is 2.17 bits per heavy atom. The Kier molecular flexibility index (Phi) is 2.40. The van der Waals surface area contributed by atoms with E-state index in [0.717, 1.165) is 22.8 Å². The summed E-state index contributed by atoms with van der Waals surface area (Å²) in [6.45, 7) is 4.25. The quantitative estimate of drug-likeness (QED) is 0.883. The summed E-state index contributed by atoms with van der Waals surface area (Å²) in [5, 5.41) is 8.99. The smallest absolute Gasteiger partial charge is 0.335 e. The molecule has 4 nitrogen and oxygen atoms in total. The van der Waals surface area contributed by atoms with E-state index in [1.54, 1.807) is 12.1 Å². The lowest BCUT2D eigenvalue weighted by molar-refractivity contribution is 0.0697. The maximum Gasteiger partial charge on any atom is 0.335 e. The van der Waals surface area contributed by atoms with E-state index >= 15 is 0 Å². The molecular weight excluding hydrogens is 228 g/mol. The largest absolute Gasteiger partial charge is 0.478 e. The molecule has 1 aliphatic rings. The van der Waals surface area contributed by atoms with Gasteiger partial charge in [-0.3, -0.25) is 0 Å². The lowest BCUT2D eigenvalue weighted by atomic mass is 9.81. The topological polar surface area (TPSA) is 55.1 Å². The number of hydrogen-bond donors (Lipinski definition) is 1. The molecule has 18 heavy (non-hydrogen) atoms. The lowest BCUT2D eigenvalue weighted by Crippen LogP contribution is -2.25. The van der Waals surface area contributed by atoms with Gasteiger partial charge >= 0.3 is 5.97 Å². The first kappa shape index (κ1) is 11.3. The highest BCUT2D eigenvalue weighted by atomic mass is 16.4. The Morgan fingerprint density at radius 1 is 1.44 bits per heavy atom. The number of aromatic nitrogens is 2. The van der Waals surface area contributed by atoms with Crippen molar-refractivity contribution in [3.63, 3.8) is 0 Å². The van der Waals surface area contributed by atoms with Crippen LogP contribution < -0.4 is 0 Å². The Bertz CT molecular complexity index is 624. The number of nitrogens with zero attached hydrogens (tertiary/aromatic N) is 2. The van der Waals surface area contributed by atoms with Crippen LogP contribution in [0.2, 0.25) is 0 Å². The number of carboxylic acids is 1. The molecule has 0 spiro atoms. The molecule has 0 atom stereocenters. The second kappa shape index (κ2) is 3.83. The fraction of sp³-hybridized carbons (Fsp3) is 0.429. The third kappa shape index (κ3) is 1.60. The zero-order valence-corrected chi connectivity index (χ0v) is 10.6. The molecule has 0 unspecified atom stereocenters. The molecule has 1 saturated carbocycles. The highest BCUT2D eigenvalue weighted by Crippen LogP contribution is 2.39. The van der Waals surface area contributed by atoms with Crippen LogP contribution in [0.3, 0.4) is 0 Å². The summed E-state index contributed by atoms with van der Waals surface area (Å²) in [7, 11) is 0. The number of rotatable bonds is 2. The summed E-state index contributed by atoms with van der Waals surface area (Å²) in [5.74, 6) is 0.857. The van der Waals surface area contributed by atoms with Crippen molar-refractivity contribution < 1.29 is 9.90 Å². The molecule has 3 rings (SSSR count). The number of aromatic carboxylic acids is 1. The zero-order valence-electron chi connectivity index (χ0n) is 10.6. The number of benzene rings is 1. The number of imidazole rings is 1. The zero-order chi connectivity index (χ0) is 12.9. The summed E-state index contributed by atoms with van der Waals surface area (Å²) in [6, 6.07) is 5.72. The molecule has 2 aromatic rings. The predicted molar refractivity (Wildman–Crippen MR) is 68.9 cm³/mol. The van der Waals surface area contributed by atoms with E-state index < -0.39 is 5.97 Å². The van der Waals surface area contributed by atoms with Gasteiger partial charge in [-0.25, -0.2) is 9.78 Å². The number of carboxylic acid groups (broad SMARTS) is 1. The van der Waals surface area contributed by atoms with Crippen LogP contribution in [-0.2, 0) is 0 Å². The first-order chi connectivity index (χ1) is 8.56. The number of carbonyl (C=O) groups is 1. The Hall–Kier alpha value is -1.84. The van der Waals surface area contributed by atoms with E-state index in [1.807, 2.05) is 13.0 Å². The predicted octanol–water partition coefficient (Wildman–Crippen LogP) is 3.01. The van der Waals surface area contributed by atoms with Gasteiger partial charge in [-0.2, -0.15) is 0 Å². The summed E-state index contributed by atoms with van der Waals surface area (Å²) < 4.78 is 2.25. The van der Waals surface area contributed by atoms with Crippen LogP contribution in [0.4, 0.5) is 0 Å². The maximum atomic E-state index is 10.9. The van der Waals surface area contributed by atoms with Crippen molar-refractivity contribution >= 4 is 17.0 Å². The highest BCUT2D eigenvalue weighted by molar-refractivity contribution is 5.92. The molecule has 1 aromatic heterocycles. The van der Waals surface area contributed by atoms with Gasteiger partial charge in [0.2, 0.25) is 0 Å². The van der Waals surface area contributed by atoms with E-state index in [0.29, 0.717) is 11.6 Å². The first-order valence-corrected chi connectivity index (χ1v) is 6.28. The summed E-state index contributed by atoms with van der Waals surface area (Å²) in [5.41, 5.74) is 2.13. The number of fused-ring (bicyclic) bond motifs is 1. The molecular formula is C14H16N2O2. The Morgan fingerprint density at radius 3 is 2.78 bits per heavy atom. The molecule has 0 amide bonds. The van der Waals surface area contributed by atoms with Crippen molar-refractivity contribution in [3.8, 4) is 0 Å². The molecule has 1 N–H and O–H groups in total. The third-order valence-electron chi connectivity index (χ3n) is 3.83. The molecule has 94 valence electrons. The summed E-state index contributed by atoms with van der Waals surface area (Å²) >= 11 is 0. The fourth-order valence-corrected chi connectivity index (χ4v) is 2.88. The first-order valence-electron chi connectivity index (χ1n) is 6.28. The van der Waals surface area contributed by atoms with Gasteiger partial charge in [-0.1, -0.05) is 6.92 Å². The summed E-state index contributed by atoms with van der Waals surface area (Å²) in [6.07, 6.45) is 2.37. The maximum absolute atomic E-state index is 10.9. The monoisotopic (exact) mass is 244 g/mol. The van der Waals surface area contributed by atoms with Crippen molar-refractivity contribution in [2.75, 3.05) is 0 Å². The Balaban J connectivity index is 2.10. The molecule has 1 aliphatic carbocycles. The van der Waals surface area contributed by atoms with Crippen molar-refractivity contribution in [1.82, 2.24) is 9.55 Å². The van der Waals surface area contributed by atoms with Gasteiger partial charge in [-0.15, -0.1) is 0 Å². The van der Waals surface area contributed by atoms with Crippen LogP contribution in [0.5, 0.6) is 0 Å². The van der Waals surface area contributed by atoms with Crippen LogP contribution in [0.25, 0.3) is 11.0 Å². The average Bonchev–Trinajstić information content (AvgIpc) is 2.59. The lowest BCUT2D eigenvalue weighted by Gasteiger charge is -2.34. The minimum absolute atomic E-state index is 0.300. The van der Waals surface area contributed by atoms with Gasteiger partial charge < -0.3 is 9.67 Å².